The Hall–Kier alpha value is -1.59. The van der Waals surface area contributed by atoms with Gasteiger partial charge < -0.3 is 14.2 Å². The first-order valence-corrected chi connectivity index (χ1v) is 26.1. The van der Waals surface area contributed by atoms with Gasteiger partial charge in [0.2, 0.25) is 0 Å². The van der Waals surface area contributed by atoms with Gasteiger partial charge in [0.05, 0.1) is 0 Å². The molecule has 0 fully saturated rings. The fourth-order valence-electron chi connectivity index (χ4n) is 7.94. The monoisotopic (exact) mass is 835 g/mol. The summed E-state index contributed by atoms with van der Waals surface area (Å²) in [5, 5.41) is 0. The quantitative estimate of drug-likeness (QED) is 0.0345. The van der Waals surface area contributed by atoms with E-state index in [1.165, 1.54) is 167 Å². The lowest BCUT2D eigenvalue weighted by Crippen LogP contribution is -2.30. The molecule has 0 N–H and O–H groups in total. The van der Waals surface area contributed by atoms with Crippen LogP contribution in [0.4, 0.5) is 0 Å². The average Bonchev–Trinajstić information content (AvgIpc) is 3.19. The summed E-state index contributed by atoms with van der Waals surface area (Å²) < 4.78 is 16.8. The van der Waals surface area contributed by atoms with Gasteiger partial charge in [-0.1, -0.05) is 247 Å². The zero-order valence-corrected chi connectivity index (χ0v) is 40.5. The van der Waals surface area contributed by atoms with E-state index in [0.717, 1.165) is 75.5 Å². The molecule has 0 heterocycles. The van der Waals surface area contributed by atoms with Crippen LogP contribution in [0, 0.1) is 17.8 Å². The van der Waals surface area contributed by atoms with Crippen molar-refractivity contribution < 1.29 is 28.6 Å². The average molecular weight is 835 g/mol. The summed E-state index contributed by atoms with van der Waals surface area (Å²) in [7, 11) is 0. The van der Waals surface area contributed by atoms with Crippen LogP contribution in [0.2, 0.25) is 0 Å². The van der Waals surface area contributed by atoms with Gasteiger partial charge in [0.15, 0.2) is 6.10 Å². The maximum atomic E-state index is 12.8. The predicted molar refractivity (Wildman–Crippen MR) is 252 cm³/mol. The minimum atomic E-state index is -0.763. The van der Waals surface area contributed by atoms with E-state index in [1.54, 1.807) is 0 Å². The Kier molecular flexibility index (Phi) is 43.3. The lowest BCUT2D eigenvalue weighted by Gasteiger charge is -2.18. The van der Waals surface area contributed by atoms with Crippen molar-refractivity contribution in [1.29, 1.82) is 0 Å². The Balaban J connectivity index is 4.26. The van der Waals surface area contributed by atoms with E-state index in [1.807, 2.05) is 0 Å². The van der Waals surface area contributed by atoms with E-state index in [0.29, 0.717) is 19.3 Å². The first kappa shape index (κ1) is 57.4. The highest BCUT2D eigenvalue weighted by Crippen LogP contribution is 2.18. The van der Waals surface area contributed by atoms with E-state index in [4.69, 9.17) is 14.2 Å². The molecule has 0 aliphatic heterocycles. The molecule has 0 aromatic heterocycles. The van der Waals surface area contributed by atoms with E-state index in [-0.39, 0.29) is 31.1 Å². The molecule has 0 bridgehead atoms. The van der Waals surface area contributed by atoms with Crippen molar-refractivity contribution in [2.75, 3.05) is 13.2 Å². The first-order chi connectivity index (χ1) is 28.6. The van der Waals surface area contributed by atoms with Crippen LogP contribution >= 0.6 is 0 Å². The number of carbonyl (C=O) groups excluding carboxylic acids is 3. The van der Waals surface area contributed by atoms with Crippen molar-refractivity contribution >= 4 is 17.9 Å². The molecule has 6 heteroatoms. The summed E-state index contributed by atoms with van der Waals surface area (Å²) in [6.45, 7) is 13.7. The van der Waals surface area contributed by atoms with Crippen molar-refractivity contribution in [3.8, 4) is 0 Å². The molecule has 0 spiro atoms. The molecule has 0 saturated carbocycles. The van der Waals surface area contributed by atoms with Crippen LogP contribution in [0.3, 0.4) is 0 Å². The van der Waals surface area contributed by atoms with Crippen LogP contribution in [0.25, 0.3) is 0 Å². The molecule has 0 radical (unpaired) electrons. The molecule has 1 atom stereocenters. The standard InChI is InChI=1S/C53H102O6/c1-47(2)39-33-27-21-17-13-9-7-8-10-15-19-23-30-36-42-51(54)57-45-50(46-58-52(55)43-37-31-26-25-29-35-41-49(5)6)59-53(56)44-38-32-24-20-16-12-11-14-18-22-28-34-40-48(3)4/h47-50H,7-46H2,1-6H3/t50-/m1/s1. The van der Waals surface area contributed by atoms with Gasteiger partial charge in [0.25, 0.3) is 0 Å². The van der Waals surface area contributed by atoms with Gasteiger partial charge >= 0.3 is 17.9 Å². The van der Waals surface area contributed by atoms with Crippen molar-refractivity contribution in [3.63, 3.8) is 0 Å². The number of hydrogen-bond donors (Lipinski definition) is 0. The zero-order chi connectivity index (χ0) is 43.4. The maximum absolute atomic E-state index is 12.8. The molecule has 6 nitrogen and oxygen atoms in total. The lowest BCUT2D eigenvalue weighted by atomic mass is 10.0. The normalized spacial score (nSPS) is 12.2. The van der Waals surface area contributed by atoms with Crippen LogP contribution in [-0.4, -0.2) is 37.2 Å². The molecule has 0 unspecified atom stereocenters. The van der Waals surface area contributed by atoms with E-state index < -0.39 is 6.10 Å². The summed E-state index contributed by atoms with van der Waals surface area (Å²) >= 11 is 0. The van der Waals surface area contributed by atoms with Crippen molar-refractivity contribution in [1.82, 2.24) is 0 Å². The molecule has 0 aliphatic rings. The molecular weight excluding hydrogens is 733 g/mol. The lowest BCUT2D eigenvalue weighted by molar-refractivity contribution is -0.167. The second kappa shape index (κ2) is 44.5. The molecule has 0 aromatic rings. The number of carbonyl (C=O) groups is 3. The van der Waals surface area contributed by atoms with Crippen LogP contribution in [0.1, 0.15) is 286 Å². The smallest absolute Gasteiger partial charge is 0.306 e. The zero-order valence-electron chi connectivity index (χ0n) is 40.5. The molecule has 0 aromatic carbocycles. The van der Waals surface area contributed by atoms with E-state index in [2.05, 4.69) is 41.5 Å². The molecule has 59 heavy (non-hydrogen) atoms. The highest BCUT2D eigenvalue weighted by atomic mass is 16.6. The van der Waals surface area contributed by atoms with E-state index >= 15 is 0 Å². The molecular formula is C53H102O6. The number of unbranched alkanes of at least 4 members (excludes halogenated alkanes) is 29. The Labute approximate surface area is 368 Å². The summed E-state index contributed by atoms with van der Waals surface area (Å²) in [5.74, 6) is 1.58. The topological polar surface area (TPSA) is 78.9 Å². The van der Waals surface area contributed by atoms with Gasteiger partial charge in [-0.25, -0.2) is 0 Å². The Morgan fingerprint density at radius 3 is 0.729 bits per heavy atom. The largest absolute Gasteiger partial charge is 0.462 e. The molecule has 0 rings (SSSR count). The van der Waals surface area contributed by atoms with Gasteiger partial charge in [0.1, 0.15) is 13.2 Å². The molecule has 350 valence electrons. The Morgan fingerprint density at radius 1 is 0.288 bits per heavy atom. The van der Waals surface area contributed by atoms with Crippen molar-refractivity contribution in [3.05, 3.63) is 0 Å². The van der Waals surface area contributed by atoms with Crippen LogP contribution in [-0.2, 0) is 28.6 Å². The number of ether oxygens (including phenoxy) is 3. The van der Waals surface area contributed by atoms with Crippen LogP contribution in [0.15, 0.2) is 0 Å². The van der Waals surface area contributed by atoms with Gasteiger partial charge in [-0.3, -0.25) is 14.4 Å². The second-order valence-electron chi connectivity index (χ2n) is 19.6. The minimum absolute atomic E-state index is 0.0652. The predicted octanol–water partition coefficient (Wildman–Crippen LogP) is 16.8. The summed E-state index contributed by atoms with van der Waals surface area (Å²) in [6.07, 6.45) is 43.9. The third-order valence-corrected chi connectivity index (χ3v) is 11.9. The Bertz CT molecular complexity index is 914. The third kappa shape index (κ3) is 47.3. The number of rotatable bonds is 46. The van der Waals surface area contributed by atoms with Gasteiger partial charge in [-0.15, -0.1) is 0 Å². The number of esters is 3. The van der Waals surface area contributed by atoms with Crippen molar-refractivity contribution in [2.45, 2.75) is 292 Å². The molecule has 0 saturated heterocycles. The summed E-state index contributed by atoms with van der Waals surface area (Å²) in [5.41, 5.74) is 0. The highest BCUT2D eigenvalue weighted by molar-refractivity contribution is 5.71. The fourth-order valence-corrected chi connectivity index (χ4v) is 7.94. The third-order valence-electron chi connectivity index (χ3n) is 11.9. The van der Waals surface area contributed by atoms with Gasteiger partial charge in [0, 0.05) is 19.3 Å². The summed E-state index contributed by atoms with van der Waals surface area (Å²) in [6, 6.07) is 0. The van der Waals surface area contributed by atoms with Gasteiger partial charge in [-0.2, -0.15) is 0 Å². The van der Waals surface area contributed by atoms with E-state index in [9.17, 15) is 14.4 Å². The van der Waals surface area contributed by atoms with Crippen LogP contribution < -0.4 is 0 Å². The molecule has 0 amide bonds. The molecule has 0 aliphatic carbocycles. The van der Waals surface area contributed by atoms with Gasteiger partial charge in [-0.05, 0) is 37.0 Å². The van der Waals surface area contributed by atoms with Crippen molar-refractivity contribution in [2.24, 2.45) is 17.8 Å². The first-order valence-electron chi connectivity index (χ1n) is 26.1. The highest BCUT2D eigenvalue weighted by Gasteiger charge is 2.19. The van der Waals surface area contributed by atoms with Crippen LogP contribution in [0.5, 0.6) is 0 Å². The SMILES string of the molecule is CC(C)CCCCCCCCCCCCCCCCC(=O)OC[C@H](COC(=O)CCCCCCCCC(C)C)OC(=O)CCCCCCCCCCCCCCC(C)C. The summed E-state index contributed by atoms with van der Waals surface area (Å²) in [4.78, 5) is 37.9. The minimum Gasteiger partial charge on any atom is -0.462 e. The Morgan fingerprint density at radius 2 is 0.492 bits per heavy atom. The fraction of sp³-hybridized carbons (Fsp3) is 0.943. The second-order valence-corrected chi connectivity index (χ2v) is 19.6. The number of hydrogen-bond acceptors (Lipinski definition) is 6. The maximum Gasteiger partial charge on any atom is 0.306 e.